The molecule has 0 unspecified atom stereocenters. The van der Waals surface area contributed by atoms with Crippen LogP contribution in [0.4, 0.5) is 10.1 Å². The third-order valence-corrected chi connectivity index (χ3v) is 1.53. The lowest BCUT2D eigenvalue weighted by Gasteiger charge is -1.97. The summed E-state index contributed by atoms with van der Waals surface area (Å²) in [6.07, 6.45) is 1.65. The summed E-state index contributed by atoms with van der Waals surface area (Å²) in [7, 11) is 0. The highest BCUT2D eigenvalue weighted by molar-refractivity contribution is 5.37. The summed E-state index contributed by atoms with van der Waals surface area (Å²) in [6, 6.07) is 1.45. The summed E-state index contributed by atoms with van der Waals surface area (Å²) in [5.74, 6) is -1.01. The fraction of sp³-hybridized carbons (Fsp3) is 0.286. The van der Waals surface area contributed by atoms with Gasteiger partial charge in [0.25, 0.3) is 5.95 Å². The Morgan fingerprint density at radius 2 is 2.42 bits per heavy atom. The maximum absolute atomic E-state index is 12.7. The van der Waals surface area contributed by atoms with Crippen molar-refractivity contribution >= 4 is 5.69 Å². The highest BCUT2D eigenvalue weighted by Crippen LogP contribution is 2.20. The third kappa shape index (κ3) is 1.39. The molecule has 64 valence electrons. The molecule has 0 bridgehead atoms. The Morgan fingerprint density at radius 3 is 2.83 bits per heavy atom. The van der Waals surface area contributed by atoms with Gasteiger partial charge in [-0.05, 0) is 12.5 Å². The third-order valence-electron chi connectivity index (χ3n) is 1.53. The number of halogens is 1. The van der Waals surface area contributed by atoms with Crippen LogP contribution in [0, 0.1) is 16.1 Å². The van der Waals surface area contributed by atoms with Crippen molar-refractivity contribution < 1.29 is 9.31 Å². The lowest BCUT2D eigenvalue weighted by molar-refractivity contribution is -0.388. The second kappa shape index (κ2) is 3.25. The Morgan fingerprint density at radius 1 is 1.75 bits per heavy atom. The number of pyridine rings is 1. The number of aryl methyl sites for hydroxylation is 1. The monoisotopic (exact) mass is 170 g/mol. The van der Waals surface area contributed by atoms with Crippen molar-refractivity contribution in [2.45, 2.75) is 13.3 Å². The van der Waals surface area contributed by atoms with Gasteiger partial charge in [0, 0.05) is 11.8 Å². The first-order valence-corrected chi connectivity index (χ1v) is 3.44. The number of hydrogen-bond acceptors (Lipinski definition) is 3. The van der Waals surface area contributed by atoms with Crippen molar-refractivity contribution in [3.63, 3.8) is 0 Å². The zero-order valence-corrected chi connectivity index (χ0v) is 6.45. The van der Waals surface area contributed by atoms with E-state index in [1.54, 1.807) is 6.92 Å². The molecule has 0 aliphatic rings. The quantitative estimate of drug-likeness (QED) is 0.385. The molecule has 0 saturated carbocycles. The smallest absolute Gasteiger partial charge is 0.258 e. The van der Waals surface area contributed by atoms with E-state index in [0.29, 0.717) is 12.0 Å². The topological polar surface area (TPSA) is 56.0 Å². The summed E-state index contributed by atoms with van der Waals surface area (Å²) < 4.78 is 12.7. The van der Waals surface area contributed by atoms with Crippen LogP contribution in [-0.2, 0) is 6.42 Å². The van der Waals surface area contributed by atoms with Crippen molar-refractivity contribution in [2.75, 3.05) is 0 Å². The summed E-state index contributed by atoms with van der Waals surface area (Å²) >= 11 is 0. The largest absolute Gasteiger partial charge is 0.327 e. The van der Waals surface area contributed by atoms with Crippen LogP contribution in [0.2, 0.25) is 0 Å². The Kier molecular flexibility index (Phi) is 2.32. The van der Waals surface area contributed by atoms with Gasteiger partial charge < -0.3 is 0 Å². The van der Waals surface area contributed by atoms with Crippen molar-refractivity contribution in [1.82, 2.24) is 4.98 Å². The van der Waals surface area contributed by atoms with Gasteiger partial charge in [0.05, 0.1) is 4.92 Å². The van der Waals surface area contributed by atoms with Crippen LogP contribution in [0.25, 0.3) is 0 Å². The maximum atomic E-state index is 12.7. The van der Waals surface area contributed by atoms with Gasteiger partial charge in [0.15, 0.2) is 0 Å². The van der Waals surface area contributed by atoms with Gasteiger partial charge in [-0.3, -0.25) is 10.1 Å². The van der Waals surface area contributed by atoms with E-state index in [1.165, 1.54) is 12.3 Å². The summed E-state index contributed by atoms with van der Waals surface area (Å²) in [5, 5.41) is 10.3. The molecule has 0 atom stereocenters. The number of nitrogens with zero attached hydrogens (tertiary/aromatic N) is 2. The van der Waals surface area contributed by atoms with Gasteiger partial charge in [-0.2, -0.15) is 4.39 Å². The van der Waals surface area contributed by atoms with Gasteiger partial charge in [0.2, 0.25) is 0 Å². The number of nitro groups is 1. The predicted octanol–water partition coefficient (Wildman–Crippen LogP) is 1.69. The molecule has 1 aromatic heterocycles. The molecule has 0 aliphatic carbocycles. The Bertz CT molecular complexity index is 314. The molecule has 1 aromatic rings. The van der Waals surface area contributed by atoms with E-state index < -0.39 is 16.6 Å². The standard InChI is InChI=1S/C7H7FN2O2/c1-2-5-3-4-9-7(8)6(5)10(11)12/h3-4H,2H2,1H3. The second-order valence-corrected chi connectivity index (χ2v) is 2.22. The van der Waals surface area contributed by atoms with Crippen LogP contribution in [0.5, 0.6) is 0 Å². The Balaban J connectivity index is 3.29. The minimum atomic E-state index is -1.01. The molecule has 0 radical (unpaired) electrons. The van der Waals surface area contributed by atoms with Crippen LogP contribution in [0.15, 0.2) is 12.3 Å². The summed E-state index contributed by atoms with van der Waals surface area (Å²) in [4.78, 5) is 12.8. The normalized spacial score (nSPS) is 9.83. The molecule has 0 spiro atoms. The SMILES string of the molecule is CCc1ccnc(F)c1[N+](=O)[O-]. The van der Waals surface area contributed by atoms with Gasteiger partial charge in [-0.15, -0.1) is 0 Å². The molecule has 12 heavy (non-hydrogen) atoms. The average molecular weight is 170 g/mol. The van der Waals surface area contributed by atoms with E-state index in [9.17, 15) is 14.5 Å². The summed E-state index contributed by atoms with van der Waals surface area (Å²) in [5.41, 5.74) is -0.146. The van der Waals surface area contributed by atoms with Gasteiger partial charge in [0.1, 0.15) is 0 Å². The van der Waals surface area contributed by atoms with Gasteiger partial charge >= 0.3 is 5.69 Å². The molecule has 0 N–H and O–H groups in total. The number of hydrogen-bond donors (Lipinski definition) is 0. The molecule has 0 fully saturated rings. The average Bonchev–Trinajstić information content (AvgIpc) is 2.03. The van der Waals surface area contributed by atoms with Crippen LogP contribution < -0.4 is 0 Å². The van der Waals surface area contributed by atoms with Crippen molar-refractivity contribution in [2.24, 2.45) is 0 Å². The lowest BCUT2D eigenvalue weighted by Crippen LogP contribution is -1.99. The first-order chi connectivity index (χ1) is 5.66. The molecule has 0 aromatic carbocycles. The molecule has 0 amide bonds. The summed E-state index contributed by atoms with van der Waals surface area (Å²) in [6.45, 7) is 1.72. The fourth-order valence-corrected chi connectivity index (χ4v) is 0.943. The van der Waals surface area contributed by atoms with E-state index >= 15 is 0 Å². The van der Waals surface area contributed by atoms with Gasteiger partial charge in [-0.1, -0.05) is 6.92 Å². The zero-order chi connectivity index (χ0) is 9.14. The maximum Gasteiger partial charge on any atom is 0.327 e. The number of aromatic nitrogens is 1. The molecule has 4 nitrogen and oxygen atoms in total. The van der Waals surface area contributed by atoms with E-state index in [1.807, 2.05) is 0 Å². The van der Waals surface area contributed by atoms with Crippen LogP contribution >= 0.6 is 0 Å². The lowest BCUT2D eigenvalue weighted by atomic mass is 10.2. The van der Waals surface area contributed by atoms with Crippen molar-refractivity contribution in [1.29, 1.82) is 0 Å². The molecule has 0 saturated heterocycles. The van der Waals surface area contributed by atoms with Crippen LogP contribution in [0.3, 0.4) is 0 Å². The zero-order valence-electron chi connectivity index (χ0n) is 6.45. The van der Waals surface area contributed by atoms with Crippen molar-refractivity contribution in [3.05, 3.63) is 33.9 Å². The molecule has 1 rings (SSSR count). The number of rotatable bonds is 2. The van der Waals surface area contributed by atoms with Gasteiger partial charge in [-0.25, -0.2) is 4.98 Å². The van der Waals surface area contributed by atoms with Crippen LogP contribution in [0.1, 0.15) is 12.5 Å². The first-order valence-electron chi connectivity index (χ1n) is 3.44. The molecular weight excluding hydrogens is 163 g/mol. The van der Waals surface area contributed by atoms with E-state index in [4.69, 9.17) is 0 Å². The van der Waals surface area contributed by atoms with Crippen molar-refractivity contribution in [3.8, 4) is 0 Å². The second-order valence-electron chi connectivity index (χ2n) is 2.22. The minimum Gasteiger partial charge on any atom is -0.258 e. The predicted molar refractivity (Wildman–Crippen MR) is 40.2 cm³/mol. The van der Waals surface area contributed by atoms with E-state index in [-0.39, 0.29) is 0 Å². The van der Waals surface area contributed by atoms with Crippen LogP contribution in [-0.4, -0.2) is 9.91 Å². The Hall–Kier alpha value is -1.52. The minimum absolute atomic E-state index is 0.368. The highest BCUT2D eigenvalue weighted by Gasteiger charge is 2.19. The molecule has 1 heterocycles. The molecule has 0 aliphatic heterocycles. The van der Waals surface area contributed by atoms with E-state index in [0.717, 1.165) is 0 Å². The van der Waals surface area contributed by atoms with E-state index in [2.05, 4.69) is 4.98 Å². The molecule has 5 heteroatoms. The Labute approximate surface area is 68.2 Å². The first kappa shape index (κ1) is 8.58. The highest BCUT2D eigenvalue weighted by atomic mass is 19.1. The fourth-order valence-electron chi connectivity index (χ4n) is 0.943. The molecular formula is C7H7FN2O2.